The lowest BCUT2D eigenvalue weighted by molar-refractivity contribution is 0.0944. The van der Waals surface area contributed by atoms with Crippen LogP contribution in [0.2, 0.25) is 0 Å². The highest BCUT2D eigenvalue weighted by molar-refractivity contribution is 7.09. The predicted octanol–water partition coefficient (Wildman–Crippen LogP) is 2.04. The lowest BCUT2D eigenvalue weighted by atomic mass is 10.1. The van der Waals surface area contributed by atoms with Crippen molar-refractivity contribution in [3.05, 3.63) is 46.2 Å². The molecule has 1 aliphatic rings. The van der Waals surface area contributed by atoms with Crippen LogP contribution >= 0.6 is 11.3 Å². The first-order valence-electron chi connectivity index (χ1n) is 8.09. The number of hydrogen-bond donors (Lipinski definition) is 2. The van der Waals surface area contributed by atoms with Crippen LogP contribution in [0.3, 0.4) is 0 Å². The lowest BCUT2D eigenvalue weighted by Gasteiger charge is -2.18. The Labute approximate surface area is 144 Å². The van der Waals surface area contributed by atoms with Crippen LogP contribution in [0, 0.1) is 11.7 Å². The molecule has 3 N–H and O–H groups in total. The van der Waals surface area contributed by atoms with Crippen LogP contribution in [-0.2, 0) is 6.42 Å². The van der Waals surface area contributed by atoms with E-state index in [1.165, 1.54) is 23.5 Å². The summed E-state index contributed by atoms with van der Waals surface area (Å²) in [5.74, 6) is 0.0370. The monoisotopic (exact) mass is 348 g/mol. The third kappa shape index (κ3) is 4.10. The number of halogens is 1. The number of thiazole rings is 1. The maximum Gasteiger partial charge on any atom is 0.270 e. The van der Waals surface area contributed by atoms with Gasteiger partial charge in [0.1, 0.15) is 11.5 Å². The topological polar surface area (TPSA) is 71.2 Å². The van der Waals surface area contributed by atoms with Crippen molar-refractivity contribution in [2.45, 2.75) is 12.8 Å². The zero-order valence-corrected chi connectivity index (χ0v) is 14.2. The molecular weight excluding hydrogens is 327 g/mol. The molecule has 1 amide bonds. The quantitative estimate of drug-likeness (QED) is 0.838. The first-order valence-corrected chi connectivity index (χ1v) is 8.97. The Kier molecular flexibility index (Phi) is 5.42. The van der Waals surface area contributed by atoms with Crippen LogP contribution in [-0.4, -0.2) is 37.1 Å². The maximum absolute atomic E-state index is 13.0. The minimum atomic E-state index is -0.223. The predicted molar refractivity (Wildman–Crippen MR) is 93.9 cm³/mol. The summed E-state index contributed by atoms with van der Waals surface area (Å²) < 4.78 is 13.0. The van der Waals surface area contributed by atoms with Gasteiger partial charge >= 0.3 is 0 Å². The third-order valence-electron chi connectivity index (χ3n) is 4.17. The number of nitrogens with one attached hydrogen (secondary N) is 1. The molecule has 0 saturated carbocycles. The fraction of sp³-hybridized carbons (Fsp3) is 0.412. The Morgan fingerprint density at radius 2 is 2.21 bits per heavy atom. The van der Waals surface area contributed by atoms with Gasteiger partial charge < -0.3 is 16.0 Å². The number of nitrogens with zero attached hydrogens (tertiary/aromatic N) is 2. The van der Waals surface area contributed by atoms with Crippen molar-refractivity contribution in [1.29, 1.82) is 0 Å². The molecule has 1 unspecified atom stereocenters. The van der Waals surface area contributed by atoms with E-state index in [4.69, 9.17) is 5.73 Å². The summed E-state index contributed by atoms with van der Waals surface area (Å²) in [6.07, 6.45) is 1.71. The Balaban J connectivity index is 1.48. The molecule has 2 aromatic rings. The van der Waals surface area contributed by atoms with Crippen molar-refractivity contribution < 1.29 is 9.18 Å². The molecular formula is C17H21FN4OS. The van der Waals surface area contributed by atoms with E-state index in [0.29, 0.717) is 31.1 Å². The van der Waals surface area contributed by atoms with Gasteiger partial charge in [0, 0.05) is 37.1 Å². The van der Waals surface area contributed by atoms with Gasteiger partial charge in [-0.3, -0.25) is 4.79 Å². The number of benzene rings is 1. The van der Waals surface area contributed by atoms with Crippen molar-refractivity contribution in [1.82, 2.24) is 10.3 Å². The molecule has 2 heterocycles. The minimum Gasteiger partial charge on any atom is -0.371 e. The molecule has 1 atom stereocenters. The van der Waals surface area contributed by atoms with E-state index < -0.39 is 0 Å². The summed E-state index contributed by atoms with van der Waals surface area (Å²) in [7, 11) is 0. The zero-order chi connectivity index (χ0) is 16.9. The van der Waals surface area contributed by atoms with Crippen LogP contribution in [0.4, 0.5) is 10.1 Å². The van der Waals surface area contributed by atoms with Gasteiger partial charge in [0.2, 0.25) is 0 Å². The highest BCUT2D eigenvalue weighted by Gasteiger charge is 2.23. The summed E-state index contributed by atoms with van der Waals surface area (Å²) in [6, 6.07) is 6.55. The molecule has 1 aromatic carbocycles. The fourth-order valence-corrected chi connectivity index (χ4v) is 3.66. The van der Waals surface area contributed by atoms with Gasteiger partial charge in [-0.05, 0) is 43.1 Å². The van der Waals surface area contributed by atoms with Crippen molar-refractivity contribution in [3.63, 3.8) is 0 Å². The number of rotatable bonds is 6. The molecule has 1 fully saturated rings. The highest BCUT2D eigenvalue weighted by Crippen LogP contribution is 2.23. The maximum atomic E-state index is 13.0. The number of nitrogens with two attached hydrogens (primary N) is 1. The molecule has 0 aliphatic carbocycles. The van der Waals surface area contributed by atoms with E-state index in [1.807, 2.05) is 0 Å². The van der Waals surface area contributed by atoms with Crippen LogP contribution in [0.25, 0.3) is 0 Å². The van der Waals surface area contributed by atoms with Crippen LogP contribution in [0.5, 0.6) is 0 Å². The standard InChI is InChI=1S/C17H21FN4OS/c18-13-1-3-14(4-2-13)22-8-6-12(10-22)9-20-17(23)15-11-24-16(21-15)5-7-19/h1-4,11-12H,5-10,19H2,(H,20,23). The number of amides is 1. The second-order valence-electron chi connectivity index (χ2n) is 5.95. The minimum absolute atomic E-state index is 0.130. The van der Waals surface area contributed by atoms with Gasteiger partial charge in [0.15, 0.2) is 0 Å². The molecule has 0 radical (unpaired) electrons. The van der Waals surface area contributed by atoms with Crippen molar-refractivity contribution >= 4 is 22.9 Å². The van der Waals surface area contributed by atoms with Crippen LogP contribution < -0.4 is 16.0 Å². The van der Waals surface area contributed by atoms with E-state index >= 15 is 0 Å². The zero-order valence-electron chi connectivity index (χ0n) is 13.4. The fourth-order valence-electron chi connectivity index (χ4n) is 2.87. The van der Waals surface area contributed by atoms with Gasteiger partial charge in [-0.25, -0.2) is 9.37 Å². The van der Waals surface area contributed by atoms with Crippen molar-refractivity contribution in [3.8, 4) is 0 Å². The average Bonchev–Trinajstić information content (AvgIpc) is 3.23. The average molecular weight is 348 g/mol. The molecule has 7 heteroatoms. The van der Waals surface area contributed by atoms with E-state index in [-0.39, 0.29) is 11.7 Å². The summed E-state index contributed by atoms with van der Waals surface area (Å²) in [5, 5.41) is 5.64. The highest BCUT2D eigenvalue weighted by atomic mass is 32.1. The number of aromatic nitrogens is 1. The molecule has 3 rings (SSSR count). The van der Waals surface area contributed by atoms with E-state index in [9.17, 15) is 9.18 Å². The molecule has 1 aromatic heterocycles. The summed E-state index contributed by atoms with van der Waals surface area (Å²) >= 11 is 1.47. The Morgan fingerprint density at radius 3 is 2.96 bits per heavy atom. The van der Waals surface area contributed by atoms with Crippen LogP contribution in [0.15, 0.2) is 29.6 Å². The van der Waals surface area contributed by atoms with Gasteiger partial charge in [-0.1, -0.05) is 0 Å². The SMILES string of the molecule is NCCc1nc(C(=O)NCC2CCN(c3ccc(F)cc3)C2)cs1. The van der Waals surface area contributed by atoms with E-state index in [1.54, 1.807) is 17.5 Å². The van der Waals surface area contributed by atoms with Crippen LogP contribution in [0.1, 0.15) is 21.9 Å². The molecule has 0 bridgehead atoms. The Morgan fingerprint density at radius 1 is 1.42 bits per heavy atom. The smallest absolute Gasteiger partial charge is 0.270 e. The second kappa shape index (κ2) is 7.72. The number of carbonyl (C=O) groups excluding carboxylic acids is 1. The molecule has 0 spiro atoms. The second-order valence-corrected chi connectivity index (χ2v) is 6.89. The van der Waals surface area contributed by atoms with Gasteiger partial charge in [0.05, 0.1) is 5.01 Å². The molecule has 1 saturated heterocycles. The first kappa shape index (κ1) is 16.9. The lowest BCUT2D eigenvalue weighted by Crippen LogP contribution is -2.31. The Bertz CT molecular complexity index is 688. The van der Waals surface area contributed by atoms with Crippen molar-refractivity contribution in [2.75, 3.05) is 31.1 Å². The number of hydrogen-bond acceptors (Lipinski definition) is 5. The Hall–Kier alpha value is -1.99. The van der Waals surface area contributed by atoms with Crippen molar-refractivity contribution in [2.24, 2.45) is 11.7 Å². The molecule has 1 aliphatic heterocycles. The number of carbonyl (C=O) groups is 1. The van der Waals surface area contributed by atoms with E-state index in [2.05, 4.69) is 15.2 Å². The summed E-state index contributed by atoms with van der Waals surface area (Å²) in [5.41, 5.74) is 6.99. The largest absolute Gasteiger partial charge is 0.371 e. The van der Waals surface area contributed by atoms with E-state index in [0.717, 1.165) is 30.2 Å². The molecule has 24 heavy (non-hydrogen) atoms. The molecule has 5 nitrogen and oxygen atoms in total. The van der Waals surface area contributed by atoms with Gasteiger partial charge in [-0.2, -0.15) is 0 Å². The molecule has 128 valence electrons. The number of anilines is 1. The summed E-state index contributed by atoms with van der Waals surface area (Å²) in [4.78, 5) is 18.7. The first-order chi connectivity index (χ1) is 11.7. The summed E-state index contributed by atoms with van der Waals surface area (Å²) in [6.45, 7) is 2.95. The normalized spacial score (nSPS) is 17.2. The van der Waals surface area contributed by atoms with Gasteiger partial charge in [-0.15, -0.1) is 11.3 Å². The van der Waals surface area contributed by atoms with Gasteiger partial charge in [0.25, 0.3) is 5.91 Å². The third-order valence-corrected chi connectivity index (χ3v) is 5.08.